The van der Waals surface area contributed by atoms with Gasteiger partial charge in [0.05, 0.1) is 23.9 Å². The fourth-order valence-corrected chi connectivity index (χ4v) is 3.51. The van der Waals surface area contributed by atoms with Gasteiger partial charge >= 0.3 is 0 Å². The van der Waals surface area contributed by atoms with E-state index in [0.717, 1.165) is 16.8 Å². The van der Waals surface area contributed by atoms with Crippen molar-refractivity contribution < 1.29 is 14.3 Å². The van der Waals surface area contributed by atoms with E-state index in [9.17, 15) is 14.3 Å². The first-order chi connectivity index (χ1) is 14.1. The third-order valence-corrected chi connectivity index (χ3v) is 5.14. The minimum absolute atomic E-state index is 0.0163. The number of aliphatic hydroxyl groups is 1. The Bertz CT molecular complexity index is 972. The lowest BCUT2D eigenvalue weighted by Crippen LogP contribution is -2.35. The van der Waals surface area contributed by atoms with Gasteiger partial charge in [-0.1, -0.05) is 18.2 Å². The van der Waals surface area contributed by atoms with Crippen molar-refractivity contribution in [3.8, 4) is 16.9 Å². The standard InChI is InChI=1S/C22H23FN4O2/c23-18-8-6-15(7-9-18)22-16(14-27(26-22)19-4-2-1-3-5-19)10-21(29)25-12-17-11-24-13-20(17)28/h1-9,14,17,20,24,28H,10-13H2,(H,25,29). The van der Waals surface area contributed by atoms with Gasteiger partial charge in [0.15, 0.2) is 0 Å². The van der Waals surface area contributed by atoms with Gasteiger partial charge in [0.2, 0.25) is 5.91 Å². The van der Waals surface area contributed by atoms with Crippen LogP contribution in [-0.4, -0.2) is 46.5 Å². The van der Waals surface area contributed by atoms with E-state index in [1.807, 2.05) is 36.5 Å². The van der Waals surface area contributed by atoms with E-state index < -0.39 is 6.10 Å². The largest absolute Gasteiger partial charge is 0.391 e. The van der Waals surface area contributed by atoms with Crippen LogP contribution in [0.5, 0.6) is 0 Å². The second kappa shape index (κ2) is 8.55. The van der Waals surface area contributed by atoms with Crippen LogP contribution in [0.4, 0.5) is 4.39 Å². The summed E-state index contributed by atoms with van der Waals surface area (Å²) in [5.74, 6) is -0.443. The SMILES string of the molecule is O=C(Cc1cn(-c2ccccc2)nc1-c1ccc(F)cc1)NCC1CNCC1O. The number of para-hydroxylation sites is 1. The molecule has 0 aliphatic carbocycles. The lowest BCUT2D eigenvalue weighted by Gasteiger charge is -2.14. The number of β-amino-alcohol motifs (C(OH)–C–C–N with tert-alkyl or cyclic N) is 1. The minimum atomic E-state index is -0.439. The van der Waals surface area contributed by atoms with Crippen LogP contribution in [0.25, 0.3) is 16.9 Å². The number of carbonyl (C=O) groups excluding carboxylic acids is 1. The second-order valence-electron chi connectivity index (χ2n) is 7.26. The molecule has 3 N–H and O–H groups in total. The zero-order valence-corrected chi connectivity index (χ0v) is 15.9. The number of halogens is 1. The molecular formula is C22H23FN4O2. The molecule has 1 aliphatic rings. The van der Waals surface area contributed by atoms with Crippen LogP contribution in [-0.2, 0) is 11.2 Å². The summed E-state index contributed by atoms with van der Waals surface area (Å²) in [6.07, 6.45) is 1.54. The fraction of sp³-hybridized carbons (Fsp3) is 0.273. The highest BCUT2D eigenvalue weighted by Gasteiger charge is 2.25. The number of hydrogen-bond acceptors (Lipinski definition) is 4. The summed E-state index contributed by atoms with van der Waals surface area (Å²) in [5, 5.41) is 20.5. The average molecular weight is 394 g/mol. The van der Waals surface area contributed by atoms with Gasteiger partial charge < -0.3 is 15.7 Å². The number of nitrogens with zero attached hydrogens (tertiary/aromatic N) is 2. The lowest BCUT2D eigenvalue weighted by atomic mass is 10.0. The second-order valence-corrected chi connectivity index (χ2v) is 7.26. The van der Waals surface area contributed by atoms with E-state index in [2.05, 4.69) is 15.7 Å². The molecule has 0 bridgehead atoms. The molecule has 2 unspecified atom stereocenters. The molecule has 1 aromatic heterocycles. The van der Waals surface area contributed by atoms with E-state index in [-0.39, 0.29) is 24.1 Å². The number of rotatable bonds is 6. The third kappa shape index (κ3) is 4.52. The number of amides is 1. The monoisotopic (exact) mass is 394 g/mol. The summed E-state index contributed by atoms with van der Waals surface area (Å²) in [6.45, 7) is 1.67. The Morgan fingerprint density at radius 1 is 1.17 bits per heavy atom. The normalized spacial score (nSPS) is 18.7. The van der Waals surface area contributed by atoms with E-state index in [1.165, 1.54) is 12.1 Å². The highest BCUT2D eigenvalue weighted by atomic mass is 19.1. The fourth-order valence-electron chi connectivity index (χ4n) is 3.51. The summed E-state index contributed by atoms with van der Waals surface area (Å²) in [7, 11) is 0. The minimum Gasteiger partial charge on any atom is -0.391 e. The number of carbonyl (C=O) groups is 1. The quantitative estimate of drug-likeness (QED) is 0.597. The maximum absolute atomic E-state index is 13.3. The Morgan fingerprint density at radius 2 is 1.93 bits per heavy atom. The molecule has 2 atom stereocenters. The van der Waals surface area contributed by atoms with Gasteiger partial charge in [-0.2, -0.15) is 5.10 Å². The summed E-state index contributed by atoms with van der Waals surface area (Å²) < 4.78 is 15.1. The Labute approximate surface area is 168 Å². The zero-order valence-electron chi connectivity index (χ0n) is 15.9. The molecule has 1 saturated heterocycles. The molecule has 3 aromatic rings. The van der Waals surface area contributed by atoms with Gasteiger partial charge in [0.25, 0.3) is 0 Å². The van der Waals surface area contributed by atoms with Crippen LogP contribution in [0.3, 0.4) is 0 Å². The van der Waals surface area contributed by atoms with Crippen LogP contribution >= 0.6 is 0 Å². The molecule has 0 saturated carbocycles. The van der Waals surface area contributed by atoms with Gasteiger partial charge in [0.1, 0.15) is 5.82 Å². The molecule has 2 heterocycles. The first-order valence-electron chi connectivity index (χ1n) is 9.65. The average Bonchev–Trinajstić information content (AvgIpc) is 3.34. The van der Waals surface area contributed by atoms with Crippen molar-refractivity contribution in [1.29, 1.82) is 0 Å². The molecule has 4 rings (SSSR count). The number of benzene rings is 2. The molecule has 1 amide bonds. The molecule has 2 aromatic carbocycles. The zero-order chi connectivity index (χ0) is 20.2. The van der Waals surface area contributed by atoms with E-state index in [0.29, 0.717) is 25.3 Å². The van der Waals surface area contributed by atoms with Gasteiger partial charge in [-0.25, -0.2) is 9.07 Å². The predicted molar refractivity (Wildman–Crippen MR) is 108 cm³/mol. The van der Waals surface area contributed by atoms with Gasteiger partial charge in [-0.3, -0.25) is 4.79 Å². The van der Waals surface area contributed by atoms with Gasteiger partial charge in [-0.15, -0.1) is 0 Å². The molecule has 6 nitrogen and oxygen atoms in total. The van der Waals surface area contributed by atoms with Crippen LogP contribution in [0.15, 0.2) is 60.8 Å². The Balaban J connectivity index is 1.56. The van der Waals surface area contributed by atoms with Crippen LogP contribution in [0.2, 0.25) is 0 Å². The van der Waals surface area contributed by atoms with E-state index >= 15 is 0 Å². The number of nitrogens with one attached hydrogen (secondary N) is 2. The summed E-state index contributed by atoms with van der Waals surface area (Å²) in [6, 6.07) is 15.7. The van der Waals surface area contributed by atoms with Crippen LogP contribution < -0.4 is 10.6 Å². The molecule has 7 heteroatoms. The lowest BCUT2D eigenvalue weighted by molar-refractivity contribution is -0.120. The number of aromatic nitrogens is 2. The van der Waals surface area contributed by atoms with Crippen molar-refractivity contribution in [3.63, 3.8) is 0 Å². The molecule has 1 aliphatic heterocycles. The first-order valence-corrected chi connectivity index (χ1v) is 9.65. The van der Waals surface area contributed by atoms with Crippen LogP contribution in [0, 0.1) is 11.7 Å². The summed E-state index contributed by atoms with van der Waals surface area (Å²) in [5.41, 5.74) is 3.02. The van der Waals surface area contributed by atoms with Gasteiger partial charge in [0, 0.05) is 42.9 Å². The summed E-state index contributed by atoms with van der Waals surface area (Å²) in [4.78, 5) is 12.5. The Kier molecular flexibility index (Phi) is 5.69. The van der Waals surface area contributed by atoms with Crippen molar-refractivity contribution in [2.24, 2.45) is 5.92 Å². The van der Waals surface area contributed by atoms with E-state index in [1.54, 1.807) is 16.8 Å². The highest BCUT2D eigenvalue weighted by molar-refractivity contribution is 5.81. The van der Waals surface area contributed by atoms with Crippen molar-refractivity contribution in [2.75, 3.05) is 19.6 Å². The number of aliphatic hydroxyl groups excluding tert-OH is 1. The molecule has 0 spiro atoms. The first kappa shape index (κ1) is 19.3. The smallest absolute Gasteiger partial charge is 0.224 e. The van der Waals surface area contributed by atoms with Crippen molar-refractivity contribution in [3.05, 3.63) is 72.2 Å². The Hall–Kier alpha value is -3.03. The summed E-state index contributed by atoms with van der Waals surface area (Å²) >= 11 is 0. The van der Waals surface area contributed by atoms with Gasteiger partial charge in [-0.05, 0) is 36.4 Å². The van der Waals surface area contributed by atoms with Crippen molar-refractivity contribution in [2.45, 2.75) is 12.5 Å². The molecule has 0 radical (unpaired) electrons. The maximum Gasteiger partial charge on any atom is 0.224 e. The van der Waals surface area contributed by atoms with E-state index in [4.69, 9.17) is 0 Å². The molecule has 150 valence electrons. The molecule has 1 fully saturated rings. The van der Waals surface area contributed by atoms with Crippen molar-refractivity contribution >= 4 is 5.91 Å². The number of hydrogen-bond donors (Lipinski definition) is 3. The Morgan fingerprint density at radius 3 is 2.62 bits per heavy atom. The van der Waals surface area contributed by atoms with Crippen molar-refractivity contribution in [1.82, 2.24) is 20.4 Å². The topological polar surface area (TPSA) is 79.2 Å². The molecular weight excluding hydrogens is 371 g/mol. The highest BCUT2D eigenvalue weighted by Crippen LogP contribution is 2.24. The predicted octanol–water partition coefficient (Wildman–Crippen LogP) is 1.92. The third-order valence-electron chi connectivity index (χ3n) is 5.14. The van der Waals surface area contributed by atoms with Crippen LogP contribution in [0.1, 0.15) is 5.56 Å². The maximum atomic E-state index is 13.3. The molecule has 29 heavy (non-hydrogen) atoms.